The number of carbonyl (C=O) groups is 1. The summed E-state index contributed by atoms with van der Waals surface area (Å²) in [5.41, 5.74) is -0.614. The molecular weight excluding hydrogens is 353 g/mol. The lowest BCUT2D eigenvalue weighted by Crippen LogP contribution is -2.42. The molecule has 1 aliphatic heterocycles. The number of likely N-dealkylation sites (tertiary alicyclic amines) is 1. The highest BCUT2D eigenvalue weighted by atomic mass is 35.5. The molecule has 1 heterocycles. The third-order valence-electron chi connectivity index (χ3n) is 4.13. The number of piperidine rings is 1. The normalized spacial score (nSPS) is 14.7. The van der Waals surface area contributed by atoms with Crippen molar-refractivity contribution in [2.24, 2.45) is 5.92 Å². The molecule has 2 rings (SSSR count). The first-order valence-electron chi connectivity index (χ1n) is 8.06. The van der Waals surface area contributed by atoms with Gasteiger partial charge in [0, 0.05) is 25.2 Å². The number of amides is 1. The van der Waals surface area contributed by atoms with Crippen LogP contribution in [0.1, 0.15) is 19.8 Å². The molecule has 0 atom stereocenters. The molecule has 0 bridgehead atoms. The van der Waals surface area contributed by atoms with Gasteiger partial charge in [0.15, 0.2) is 6.61 Å². The number of nitrogens with one attached hydrogen (secondary N) is 1. The van der Waals surface area contributed by atoms with E-state index in [1.165, 1.54) is 6.07 Å². The molecule has 1 aromatic carbocycles. The maximum absolute atomic E-state index is 13.5. The SMILES string of the molecule is CCNCC1CCN(C(=O)COc2ccc([N+](=O)[O-])c(F)c2)CC1.Cl. The van der Waals surface area contributed by atoms with Crippen LogP contribution in [0.5, 0.6) is 5.75 Å². The monoisotopic (exact) mass is 375 g/mol. The molecular formula is C16H23ClFN3O4. The zero-order valence-corrected chi connectivity index (χ0v) is 14.9. The van der Waals surface area contributed by atoms with E-state index >= 15 is 0 Å². The van der Waals surface area contributed by atoms with Gasteiger partial charge in [0.05, 0.1) is 4.92 Å². The number of rotatable bonds is 7. The van der Waals surface area contributed by atoms with Crippen molar-refractivity contribution in [3.8, 4) is 5.75 Å². The van der Waals surface area contributed by atoms with Crippen molar-refractivity contribution < 1.29 is 18.8 Å². The first-order chi connectivity index (χ1) is 11.5. The van der Waals surface area contributed by atoms with Crippen LogP contribution in [0, 0.1) is 21.8 Å². The summed E-state index contributed by atoms with van der Waals surface area (Å²) in [6, 6.07) is 3.24. The van der Waals surface area contributed by atoms with Crippen LogP contribution in [0.4, 0.5) is 10.1 Å². The second-order valence-corrected chi connectivity index (χ2v) is 5.79. The highest BCUT2D eigenvalue weighted by molar-refractivity contribution is 5.85. The lowest BCUT2D eigenvalue weighted by Gasteiger charge is -2.32. The number of benzene rings is 1. The first kappa shape index (κ1) is 21.1. The summed E-state index contributed by atoms with van der Waals surface area (Å²) in [4.78, 5) is 23.6. The molecule has 1 aliphatic rings. The molecule has 1 saturated heterocycles. The van der Waals surface area contributed by atoms with E-state index in [1.54, 1.807) is 4.90 Å². The predicted octanol–water partition coefficient (Wildman–Crippen LogP) is 2.38. The van der Waals surface area contributed by atoms with Gasteiger partial charge in [-0.1, -0.05) is 6.92 Å². The van der Waals surface area contributed by atoms with Crippen molar-refractivity contribution in [3.05, 3.63) is 34.1 Å². The molecule has 1 aromatic rings. The Hall–Kier alpha value is -1.93. The van der Waals surface area contributed by atoms with Crippen molar-refractivity contribution in [2.75, 3.05) is 32.8 Å². The third-order valence-corrected chi connectivity index (χ3v) is 4.13. The molecule has 25 heavy (non-hydrogen) atoms. The molecule has 140 valence electrons. The number of nitro groups is 1. The molecule has 0 saturated carbocycles. The summed E-state index contributed by atoms with van der Waals surface area (Å²) in [5, 5.41) is 13.9. The summed E-state index contributed by atoms with van der Waals surface area (Å²) < 4.78 is 18.8. The van der Waals surface area contributed by atoms with Crippen LogP contribution in [0.25, 0.3) is 0 Å². The van der Waals surface area contributed by atoms with E-state index in [1.807, 2.05) is 0 Å². The standard InChI is InChI=1S/C16H22FN3O4.ClH/c1-2-18-10-12-5-7-19(8-6-12)16(21)11-24-13-3-4-15(20(22)23)14(17)9-13;/h3-4,9,12,18H,2,5-8,10-11H2,1H3;1H. The first-order valence-corrected chi connectivity index (χ1v) is 8.06. The van der Waals surface area contributed by atoms with Gasteiger partial charge in [-0.25, -0.2) is 0 Å². The summed E-state index contributed by atoms with van der Waals surface area (Å²) in [5.74, 6) is -0.447. The van der Waals surface area contributed by atoms with Gasteiger partial charge in [-0.3, -0.25) is 14.9 Å². The van der Waals surface area contributed by atoms with Crippen LogP contribution in [-0.4, -0.2) is 48.5 Å². The summed E-state index contributed by atoms with van der Waals surface area (Å²) in [6.45, 7) is 5.15. The van der Waals surface area contributed by atoms with E-state index in [4.69, 9.17) is 4.74 Å². The van der Waals surface area contributed by atoms with E-state index in [0.717, 1.165) is 38.1 Å². The minimum atomic E-state index is -0.978. The highest BCUT2D eigenvalue weighted by Gasteiger charge is 2.23. The van der Waals surface area contributed by atoms with Crippen LogP contribution < -0.4 is 10.1 Å². The number of carbonyl (C=O) groups excluding carboxylic acids is 1. The molecule has 9 heteroatoms. The van der Waals surface area contributed by atoms with E-state index in [2.05, 4.69) is 12.2 Å². The Morgan fingerprint density at radius 3 is 2.68 bits per heavy atom. The van der Waals surface area contributed by atoms with Gasteiger partial charge in [-0.2, -0.15) is 4.39 Å². The topological polar surface area (TPSA) is 84.7 Å². The molecule has 0 radical (unpaired) electrons. The average molecular weight is 376 g/mol. The number of nitrogens with zero attached hydrogens (tertiary/aromatic N) is 2. The number of nitro benzene ring substituents is 1. The van der Waals surface area contributed by atoms with Gasteiger partial charge in [0.2, 0.25) is 5.82 Å². The number of hydrogen-bond donors (Lipinski definition) is 1. The van der Waals surface area contributed by atoms with E-state index in [0.29, 0.717) is 19.0 Å². The fourth-order valence-electron chi connectivity index (χ4n) is 2.70. The van der Waals surface area contributed by atoms with Crippen molar-refractivity contribution in [1.29, 1.82) is 0 Å². The molecule has 0 aliphatic carbocycles. The molecule has 0 aromatic heterocycles. The minimum absolute atomic E-state index is 0. The second-order valence-electron chi connectivity index (χ2n) is 5.79. The van der Waals surface area contributed by atoms with E-state index in [-0.39, 0.29) is 30.7 Å². The Kier molecular flexibility index (Phi) is 8.57. The van der Waals surface area contributed by atoms with Gasteiger partial charge in [-0.05, 0) is 37.9 Å². The van der Waals surface area contributed by atoms with Gasteiger partial charge in [-0.15, -0.1) is 12.4 Å². The maximum atomic E-state index is 13.5. The van der Waals surface area contributed by atoms with E-state index < -0.39 is 16.4 Å². The maximum Gasteiger partial charge on any atom is 0.305 e. The van der Waals surface area contributed by atoms with Crippen LogP contribution in [0.2, 0.25) is 0 Å². The smallest absolute Gasteiger partial charge is 0.305 e. The summed E-state index contributed by atoms with van der Waals surface area (Å²) in [7, 11) is 0. The van der Waals surface area contributed by atoms with Crippen molar-refractivity contribution in [3.63, 3.8) is 0 Å². The molecule has 0 spiro atoms. The van der Waals surface area contributed by atoms with Crippen molar-refractivity contribution >= 4 is 24.0 Å². The summed E-state index contributed by atoms with van der Waals surface area (Å²) in [6.07, 6.45) is 1.90. The zero-order valence-electron chi connectivity index (χ0n) is 14.1. The lowest BCUT2D eigenvalue weighted by molar-refractivity contribution is -0.387. The van der Waals surface area contributed by atoms with Crippen molar-refractivity contribution in [2.45, 2.75) is 19.8 Å². The van der Waals surface area contributed by atoms with Crippen LogP contribution in [0.15, 0.2) is 18.2 Å². The van der Waals surface area contributed by atoms with Crippen LogP contribution in [-0.2, 0) is 4.79 Å². The lowest BCUT2D eigenvalue weighted by atomic mass is 9.97. The minimum Gasteiger partial charge on any atom is -0.484 e. The van der Waals surface area contributed by atoms with Crippen LogP contribution in [0.3, 0.4) is 0 Å². The van der Waals surface area contributed by atoms with Gasteiger partial charge < -0.3 is 15.0 Å². The number of halogens is 2. The molecule has 0 unspecified atom stereocenters. The Morgan fingerprint density at radius 1 is 1.44 bits per heavy atom. The molecule has 1 N–H and O–H groups in total. The largest absolute Gasteiger partial charge is 0.484 e. The van der Waals surface area contributed by atoms with Gasteiger partial charge in [0.25, 0.3) is 5.91 Å². The number of hydrogen-bond acceptors (Lipinski definition) is 5. The summed E-state index contributed by atoms with van der Waals surface area (Å²) >= 11 is 0. The van der Waals surface area contributed by atoms with Crippen LogP contribution >= 0.6 is 12.4 Å². The molecule has 1 fully saturated rings. The fraction of sp³-hybridized carbons (Fsp3) is 0.562. The Bertz CT molecular complexity index is 595. The average Bonchev–Trinajstić information content (AvgIpc) is 2.58. The molecule has 1 amide bonds. The van der Waals surface area contributed by atoms with Gasteiger partial charge in [0.1, 0.15) is 5.75 Å². The Balaban J connectivity index is 0.00000312. The fourth-order valence-corrected chi connectivity index (χ4v) is 2.70. The van der Waals surface area contributed by atoms with E-state index in [9.17, 15) is 19.3 Å². The van der Waals surface area contributed by atoms with Gasteiger partial charge >= 0.3 is 5.69 Å². The quantitative estimate of drug-likeness (QED) is 0.584. The zero-order chi connectivity index (χ0) is 17.5. The third kappa shape index (κ3) is 6.13. The highest BCUT2D eigenvalue weighted by Crippen LogP contribution is 2.22. The Morgan fingerprint density at radius 2 is 2.12 bits per heavy atom. The Labute approximate surface area is 152 Å². The van der Waals surface area contributed by atoms with Crippen molar-refractivity contribution in [1.82, 2.24) is 10.2 Å². The second kappa shape index (κ2) is 10.1. The number of ether oxygens (including phenoxy) is 1. The molecule has 7 nitrogen and oxygen atoms in total. The predicted molar refractivity (Wildman–Crippen MR) is 93.6 cm³/mol.